The first-order chi connectivity index (χ1) is 11.7. The number of rotatable bonds is 4. The number of likely N-dealkylation sites (tertiary alicyclic amines) is 1. The van der Waals surface area contributed by atoms with Crippen LogP contribution in [0.5, 0.6) is 0 Å². The summed E-state index contributed by atoms with van der Waals surface area (Å²) in [5.41, 5.74) is 1.93. The molecule has 1 fully saturated rings. The van der Waals surface area contributed by atoms with E-state index in [-0.39, 0.29) is 18.0 Å². The second kappa shape index (κ2) is 8.37. The van der Waals surface area contributed by atoms with E-state index in [2.05, 4.69) is 30.4 Å². The molecule has 2 amide bonds. The van der Waals surface area contributed by atoms with Crippen molar-refractivity contribution in [3.63, 3.8) is 0 Å². The zero-order valence-corrected chi connectivity index (χ0v) is 15.8. The van der Waals surface area contributed by atoms with Gasteiger partial charge in [-0.3, -0.25) is 4.79 Å². The highest BCUT2D eigenvalue weighted by Gasteiger charge is 2.27. The quantitative estimate of drug-likeness (QED) is 0.908. The van der Waals surface area contributed by atoms with Crippen molar-refractivity contribution in [1.82, 2.24) is 10.2 Å². The van der Waals surface area contributed by atoms with Gasteiger partial charge in [-0.05, 0) is 52.5 Å². The van der Waals surface area contributed by atoms with Crippen LogP contribution in [0, 0.1) is 6.92 Å². The number of hydrogen-bond donors (Lipinski definition) is 1. The summed E-state index contributed by atoms with van der Waals surface area (Å²) in [6, 6.07) is 8.40. The highest BCUT2D eigenvalue weighted by molar-refractivity contribution is 5.76. The van der Waals surface area contributed by atoms with Gasteiger partial charge < -0.3 is 15.0 Å². The maximum Gasteiger partial charge on any atom is 0.410 e. The van der Waals surface area contributed by atoms with Crippen molar-refractivity contribution in [1.29, 1.82) is 0 Å². The van der Waals surface area contributed by atoms with Gasteiger partial charge in [0.15, 0.2) is 0 Å². The fourth-order valence-corrected chi connectivity index (χ4v) is 2.96. The van der Waals surface area contributed by atoms with Crippen LogP contribution in [0.4, 0.5) is 4.79 Å². The van der Waals surface area contributed by atoms with Crippen molar-refractivity contribution in [2.24, 2.45) is 0 Å². The Morgan fingerprint density at radius 3 is 2.52 bits per heavy atom. The number of amides is 2. The number of nitrogens with one attached hydrogen (secondary N) is 1. The number of ether oxygens (including phenoxy) is 1. The van der Waals surface area contributed by atoms with Crippen molar-refractivity contribution in [3.8, 4) is 0 Å². The molecule has 1 saturated heterocycles. The van der Waals surface area contributed by atoms with Crippen LogP contribution in [0.3, 0.4) is 0 Å². The Morgan fingerprint density at radius 1 is 1.24 bits per heavy atom. The van der Waals surface area contributed by atoms with Gasteiger partial charge in [-0.1, -0.05) is 29.8 Å². The van der Waals surface area contributed by atoms with Crippen molar-refractivity contribution < 1.29 is 14.3 Å². The molecule has 0 unspecified atom stereocenters. The van der Waals surface area contributed by atoms with Crippen LogP contribution >= 0.6 is 0 Å². The molecule has 5 nitrogen and oxygen atoms in total. The topological polar surface area (TPSA) is 58.6 Å². The van der Waals surface area contributed by atoms with Crippen LogP contribution in [0.25, 0.3) is 0 Å². The number of hydrogen-bond acceptors (Lipinski definition) is 3. The number of piperidine rings is 1. The summed E-state index contributed by atoms with van der Waals surface area (Å²) in [5.74, 6) is 0.0808. The second-order valence-corrected chi connectivity index (χ2v) is 7.80. The zero-order valence-electron chi connectivity index (χ0n) is 15.8. The highest BCUT2D eigenvalue weighted by atomic mass is 16.6. The molecule has 0 atom stereocenters. The first-order valence-corrected chi connectivity index (χ1v) is 9.06. The van der Waals surface area contributed by atoms with Crippen LogP contribution in [0.15, 0.2) is 24.3 Å². The number of carbonyl (C=O) groups excluding carboxylic acids is 2. The molecule has 1 heterocycles. The summed E-state index contributed by atoms with van der Waals surface area (Å²) in [7, 11) is 0. The van der Waals surface area contributed by atoms with E-state index in [4.69, 9.17) is 4.74 Å². The van der Waals surface area contributed by atoms with Crippen molar-refractivity contribution in [2.45, 2.75) is 65.0 Å². The molecule has 2 rings (SSSR count). The summed E-state index contributed by atoms with van der Waals surface area (Å²) in [5, 5.41) is 3.09. The van der Waals surface area contributed by atoms with Crippen molar-refractivity contribution in [2.75, 3.05) is 13.1 Å². The predicted molar refractivity (Wildman–Crippen MR) is 98.5 cm³/mol. The molecule has 0 spiro atoms. The van der Waals surface area contributed by atoms with E-state index in [0.717, 1.165) is 19.3 Å². The lowest BCUT2D eigenvalue weighted by atomic mass is 10.0. The Kier molecular flexibility index (Phi) is 6.45. The van der Waals surface area contributed by atoms with E-state index >= 15 is 0 Å². The molecule has 138 valence electrons. The Balaban J connectivity index is 1.70. The number of carbonyl (C=O) groups is 2. The standard InChI is InChI=1S/C20H30N2O3/c1-15-6-5-7-16(14-15)8-9-18(23)21-17-10-12-22(13-11-17)19(24)25-20(2,3)4/h5-7,14,17H,8-13H2,1-4H3,(H,21,23). The summed E-state index contributed by atoms with van der Waals surface area (Å²) in [6.45, 7) is 8.90. The van der Waals surface area contributed by atoms with Gasteiger partial charge >= 0.3 is 6.09 Å². The maximum absolute atomic E-state index is 12.2. The van der Waals surface area contributed by atoms with E-state index < -0.39 is 5.60 Å². The molecule has 5 heteroatoms. The molecule has 0 saturated carbocycles. The average molecular weight is 346 g/mol. The third-order valence-electron chi connectivity index (χ3n) is 4.23. The molecule has 0 aliphatic carbocycles. The molecule has 1 aliphatic rings. The minimum Gasteiger partial charge on any atom is -0.444 e. The van der Waals surface area contributed by atoms with Crippen LogP contribution in [0.2, 0.25) is 0 Å². The normalized spacial score (nSPS) is 15.8. The molecular formula is C20H30N2O3. The summed E-state index contributed by atoms with van der Waals surface area (Å²) >= 11 is 0. The smallest absolute Gasteiger partial charge is 0.410 e. The summed E-state index contributed by atoms with van der Waals surface area (Å²) < 4.78 is 5.39. The lowest BCUT2D eigenvalue weighted by Gasteiger charge is -2.33. The maximum atomic E-state index is 12.2. The third kappa shape index (κ3) is 6.77. The SMILES string of the molecule is Cc1cccc(CCC(=O)NC2CCN(C(=O)OC(C)(C)C)CC2)c1. The van der Waals surface area contributed by atoms with E-state index in [1.54, 1.807) is 4.90 Å². The molecule has 0 radical (unpaired) electrons. The molecule has 1 aromatic carbocycles. The van der Waals surface area contributed by atoms with Gasteiger partial charge in [-0.15, -0.1) is 0 Å². The van der Waals surface area contributed by atoms with Gasteiger partial charge in [0.1, 0.15) is 5.60 Å². The number of benzene rings is 1. The minimum atomic E-state index is -0.474. The molecule has 1 aromatic rings. The van der Waals surface area contributed by atoms with E-state index in [0.29, 0.717) is 19.5 Å². The van der Waals surface area contributed by atoms with Gasteiger partial charge in [-0.25, -0.2) is 4.79 Å². The molecule has 0 bridgehead atoms. The lowest BCUT2D eigenvalue weighted by molar-refractivity contribution is -0.122. The lowest BCUT2D eigenvalue weighted by Crippen LogP contribution is -2.47. The Hall–Kier alpha value is -2.04. The minimum absolute atomic E-state index is 0.0808. The third-order valence-corrected chi connectivity index (χ3v) is 4.23. The van der Waals surface area contributed by atoms with Gasteiger partial charge in [0.05, 0.1) is 0 Å². The number of nitrogens with zero attached hydrogens (tertiary/aromatic N) is 1. The van der Waals surface area contributed by atoms with Crippen LogP contribution < -0.4 is 5.32 Å². The van der Waals surface area contributed by atoms with Gasteiger partial charge in [0, 0.05) is 25.6 Å². The van der Waals surface area contributed by atoms with Crippen LogP contribution in [-0.2, 0) is 16.0 Å². The average Bonchev–Trinajstić information content (AvgIpc) is 2.52. The second-order valence-electron chi connectivity index (χ2n) is 7.80. The predicted octanol–water partition coefficient (Wildman–Crippen LogP) is 3.44. The van der Waals surface area contributed by atoms with Gasteiger partial charge in [0.25, 0.3) is 0 Å². The van der Waals surface area contributed by atoms with E-state index in [1.807, 2.05) is 26.8 Å². The van der Waals surface area contributed by atoms with Crippen LogP contribution in [0.1, 0.15) is 51.2 Å². The van der Waals surface area contributed by atoms with Gasteiger partial charge in [0.2, 0.25) is 5.91 Å². The molecular weight excluding hydrogens is 316 g/mol. The monoisotopic (exact) mass is 346 g/mol. The van der Waals surface area contributed by atoms with Crippen molar-refractivity contribution >= 4 is 12.0 Å². The molecule has 1 N–H and O–H groups in total. The van der Waals surface area contributed by atoms with Crippen LogP contribution in [-0.4, -0.2) is 41.6 Å². The fraction of sp³-hybridized carbons (Fsp3) is 0.600. The zero-order chi connectivity index (χ0) is 18.4. The van der Waals surface area contributed by atoms with E-state index in [1.165, 1.54) is 11.1 Å². The Labute approximate surface area is 150 Å². The molecule has 25 heavy (non-hydrogen) atoms. The summed E-state index contributed by atoms with van der Waals surface area (Å²) in [4.78, 5) is 25.9. The fourth-order valence-electron chi connectivity index (χ4n) is 2.96. The Bertz CT molecular complexity index is 599. The molecule has 1 aliphatic heterocycles. The van der Waals surface area contributed by atoms with Gasteiger partial charge in [-0.2, -0.15) is 0 Å². The molecule has 0 aromatic heterocycles. The first-order valence-electron chi connectivity index (χ1n) is 9.06. The van der Waals surface area contributed by atoms with Crippen molar-refractivity contribution in [3.05, 3.63) is 35.4 Å². The largest absolute Gasteiger partial charge is 0.444 e. The highest BCUT2D eigenvalue weighted by Crippen LogP contribution is 2.16. The Morgan fingerprint density at radius 2 is 1.92 bits per heavy atom. The summed E-state index contributed by atoms with van der Waals surface area (Å²) in [6.07, 6.45) is 2.53. The van der Waals surface area contributed by atoms with E-state index in [9.17, 15) is 9.59 Å². The number of aryl methyl sites for hydroxylation is 2. The first kappa shape index (κ1) is 19.3.